The number of hydrogen-bond donors (Lipinski definition) is 2. The molecule has 1 amide bonds. The molecule has 1 saturated carbocycles. The van der Waals surface area contributed by atoms with Gasteiger partial charge in [0.1, 0.15) is 40.9 Å². The van der Waals surface area contributed by atoms with Crippen LogP contribution in [0.4, 0.5) is 32.2 Å². The van der Waals surface area contributed by atoms with Crippen LogP contribution in [0.15, 0.2) is 42.5 Å². The van der Waals surface area contributed by atoms with E-state index >= 15 is 8.78 Å². The zero-order valence-corrected chi connectivity index (χ0v) is 32.2. The first kappa shape index (κ1) is 40.0. The second-order valence-corrected chi connectivity index (χ2v) is 15.9. The molecule has 3 heterocycles. The van der Waals surface area contributed by atoms with E-state index in [0.717, 1.165) is 12.1 Å². The van der Waals surface area contributed by atoms with Gasteiger partial charge in [0.25, 0.3) is 12.3 Å². The molecule has 7 rings (SSSR count). The molecule has 9 nitrogen and oxygen atoms in total. The summed E-state index contributed by atoms with van der Waals surface area (Å²) in [5, 5.41) is 22.1. The number of carbonyl (C=O) groups is 2. The zero-order valence-electron chi connectivity index (χ0n) is 31.4. The number of nitrogens with zero attached hydrogens (tertiary/aromatic N) is 5. The SMILES string of the molecule is CC(C)C(=O)Nc1nn(C)c2c(-c3ccc(C#CC(C)(C)O)nc3[C@@H](CC(=O)Cn3nc(C(F)F)c4c3C(F)(F)[C@@H]3C[C@H]43)Cc3cc(F)cc(F)c3)ccc(Cl)c12. The van der Waals surface area contributed by atoms with Crippen molar-refractivity contribution in [3.05, 3.63) is 93.0 Å². The monoisotopic (exact) mass is 810 g/mol. The fourth-order valence-electron chi connectivity index (χ4n) is 7.61. The number of benzene rings is 2. The summed E-state index contributed by atoms with van der Waals surface area (Å²) in [4.78, 5) is 31.6. The molecule has 1 fully saturated rings. The highest BCUT2D eigenvalue weighted by Gasteiger charge is 2.67. The van der Waals surface area contributed by atoms with Gasteiger partial charge in [0.15, 0.2) is 11.6 Å². The number of aryl methyl sites for hydroxylation is 1. The van der Waals surface area contributed by atoms with Crippen molar-refractivity contribution in [3.63, 3.8) is 0 Å². The summed E-state index contributed by atoms with van der Waals surface area (Å²) in [7, 11) is 1.63. The van der Waals surface area contributed by atoms with Crippen LogP contribution in [-0.2, 0) is 35.5 Å². The number of alkyl halides is 4. The predicted molar refractivity (Wildman–Crippen MR) is 200 cm³/mol. The standard InChI is InChI=1S/C41H37ClF6N6O3/c1-19(2)39(56)50-38-32-30(42)9-8-27(35(32)53(5)52-38)26-7-6-24(10-11-40(3,4)57)49-33(26)21(12-20-13-22(43)16-23(44)14-20)15-25(55)18-54-36-31(34(51-54)37(45)46)28-17-29(28)41(36,47)48/h6-9,13-14,16,19,21,28-29,37,57H,12,15,17-18H2,1-5H3,(H,50,52,56)/t21-,28+,29-/m1/s1. The molecule has 298 valence electrons. The van der Waals surface area contributed by atoms with Gasteiger partial charge in [-0.3, -0.25) is 19.0 Å². The number of Topliss-reactive ketones (excluding diaryl/α,β-unsaturated/α-hetero) is 1. The van der Waals surface area contributed by atoms with E-state index in [1.54, 1.807) is 45.2 Å². The minimum Gasteiger partial charge on any atom is -0.378 e. The number of aromatic nitrogens is 5. The Hall–Kier alpha value is -5.20. The summed E-state index contributed by atoms with van der Waals surface area (Å²) in [6, 6.07) is 9.36. The summed E-state index contributed by atoms with van der Waals surface area (Å²) in [5.41, 5.74) is -1.29. The van der Waals surface area contributed by atoms with Crippen LogP contribution in [0.2, 0.25) is 5.02 Å². The number of fused-ring (bicyclic) bond motifs is 4. The van der Waals surface area contributed by atoms with Gasteiger partial charge in [-0.15, -0.1) is 0 Å². The van der Waals surface area contributed by atoms with Crippen molar-refractivity contribution in [1.29, 1.82) is 0 Å². The Balaban J connectivity index is 1.38. The number of hydrogen-bond acceptors (Lipinski definition) is 6. The summed E-state index contributed by atoms with van der Waals surface area (Å²) in [6.07, 6.45) is -3.74. The van der Waals surface area contributed by atoms with Crippen molar-refractivity contribution >= 4 is 40.0 Å². The third kappa shape index (κ3) is 7.77. The second-order valence-electron chi connectivity index (χ2n) is 15.5. The molecule has 2 aliphatic carbocycles. The van der Waals surface area contributed by atoms with Crippen LogP contribution in [0.5, 0.6) is 0 Å². The van der Waals surface area contributed by atoms with Crippen LogP contribution >= 0.6 is 11.6 Å². The van der Waals surface area contributed by atoms with E-state index in [4.69, 9.17) is 16.6 Å². The summed E-state index contributed by atoms with van der Waals surface area (Å²) >= 11 is 6.70. The van der Waals surface area contributed by atoms with Gasteiger partial charge in [0, 0.05) is 54.0 Å². The third-order valence-corrected chi connectivity index (χ3v) is 10.5. The molecule has 3 atom stereocenters. The number of amides is 1. The van der Waals surface area contributed by atoms with Crippen LogP contribution in [0.25, 0.3) is 22.0 Å². The fraction of sp³-hybridized carbons (Fsp3) is 0.390. The molecular weight excluding hydrogens is 774 g/mol. The van der Waals surface area contributed by atoms with Crippen molar-refractivity contribution in [2.24, 2.45) is 18.9 Å². The van der Waals surface area contributed by atoms with Gasteiger partial charge in [-0.1, -0.05) is 37.4 Å². The van der Waals surface area contributed by atoms with E-state index in [1.807, 2.05) is 0 Å². The minimum atomic E-state index is -3.46. The molecule has 57 heavy (non-hydrogen) atoms. The summed E-state index contributed by atoms with van der Waals surface area (Å²) < 4.78 is 90.3. The third-order valence-electron chi connectivity index (χ3n) is 10.2. The first-order valence-electron chi connectivity index (χ1n) is 18.2. The molecule has 0 spiro atoms. The van der Waals surface area contributed by atoms with Crippen LogP contribution in [0.1, 0.15) is 92.7 Å². The molecule has 0 saturated heterocycles. The largest absolute Gasteiger partial charge is 0.378 e. The maximum atomic E-state index is 15.4. The van der Waals surface area contributed by atoms with E-state index in [2.05, 4.69) is 27.4 Å². The van der Waals surface area contributed by atoms with Crippen molar-refractivity contribution < 1.29 is 41.0 Å². The maximum Gasteiger partial charge on any atom is 0.293 e. The van der Waals surface area contributed by atoms with E-state index in [1.165, 1.54) is 18.5 Å². The zero-order chi connectivity index (χ0) is 41.3. The van der Waals surface area contributed by atoms with Gasteiger partial charge in [-0.05, 0) is 74.4 Å². The highest BCUT2D eigenvalue weighted by molar-refractivity contribution is 6.37. The first-order valence-corrected chi connectivity index (χ1v) is 18.6. The van der Waals surface area contributed by atoms with Crippen molar-refractivity contribution in [2.45, 2.75) is 83.3 Å². The number of halogens is 7. The predicted octanol–water partition coefficient (Wildman–Crippen LogP) is 8.61. The van der Waals surface area contributed by atoms with Gasteiger partial charge < -0.3 is 10.4 Å². The molecule has 0 radical (unpaired) electrons. The van der Waals surface area contributed by atoms with E-state index < -0.39 is 77.5 Å². The van der Waals surface area contributed by atoms with Crippen molar-refractivity contribution in [1.82, 2.24) is 24.5 Å². The second kappa shape index (κ2) is 14.6. The van der Waals surface area contributed by atoms with E-state index in [0.29, 0.717) is 32.8 Å². The number of rotatable bonds is 11. The lowest BCUT2D eigenvalue weighted by Gasteiger charge is -2.22. The lowest BCUT2D eigenvalue weighted by molar-refractivity contribution is -0.120. The molecule has 0 bridgehead atoms. The van der Waals surface area contributed by atoms with Gasteiger partial charge >= 0.3 is 0 Å². The maximum absolute atomic E-state index is 15.4. The number of pyridine rings is 1. The average molecular weight is 811 g/mol. The van der Waals surface area contributed by atoms with E-state index in [-0.39, 0.29) is 58.0 Å². The summed E-state index contributed by atoms with van der Waals surface area (Å²) in [5.74, 6) is -3.85. The molecule has 0 unspecified atom stereocenters. The summed E-state index contributed by atoms with van der Waals surface area (Å²) in [6.45, 7) is 5.58. The van der Waals surface area contributed by atoms with Crippen LogP contribution in [0.3, 0.4) is 0 Å². The van der Waals surface area contributed by atoms with Gasteiger partial charge in [0.2, 0.25) is 5.91 Å². The molecule has 3 aromatic heterocycles. The fourth-order valence-corrected chi connectivity index (χ4v) is 7.85. The van der Waals surface area contributed by atoms with E-state index in [9.17, 15) is 32.3 Å². The van der Waals surface area contributed by atoms with Crippen molar-refractivity contribution in [3.8, 4) is 23.0 Å². The Morgan fingerprint density at radius 1 is 1.05 bits per heavy atom. The Kier molecular flexibility index (Phi) is 10.3. The quantitative estimate of drug-likeness (QED) is 0.102. The Morgan fingerprint density at radius 3 is 2.39 bits per heavy atom. The molecule has 16 heteroatoms. The smallest absolute Gasteiger partial charge is 0.293 e. The minimum absolute atomic E-state index is 0.0486. The van der Waals surface area contributed by atoms with Gasteiger partial charge in [-0.25, -0.2) is 22.5 Å². The topological polar surface area (TPSA) is 115 Å². The van der Waals surface area contributed by atoms with Crippen LogP contribution < -0.4 is 5.32 Å². The Bertz CT molecular complexity index is 2490. The molecule has 2 aromatic carbocycles. The molecule has 0 aliphatic heterocycles. The molecule has 5 aromatic rings. The Labute approximate surface area is 328 Å². The highest BCUT2D eigenvalue weighted by atomic mass is 35.5. The lowest BCUT2D eigenvalue weighted by Crippen LogP contribution is -2.24. The molecular formula is C41H37ClF6N6O3. The molecule has 2 N–H and O–H groups in total. The number of ketones is 1. The first-order chi connectivity index (χ1) is 26.7. The highest BCUT2D eigenvalue weighted by Crippen LogP contribution is 2.68. The van der Waals surface area contributed by atoms with Gasteiger partial charge in [-0.2, -0.15) is 19.0 Å². The molecule has 2 aliphatic rings. The Morgan fingerprint density at radius 2 is 1.74 bits per heavy atom. The number of carbonyl (C=O) groups excluding carboxylic acids is 2. The van der Waals surface area contributed by atoms with Crippen LogP contribution in [-0.4, -0.2) is 46.9 Å². The van der Waals surface area contributed by atoms with Crippen LogP contribution in [0, 0.1) is 35.3 Å². The van der Waals surface area contributed by atoms with Gasteiger partial charge in [0.05, 0.1) is 21.6 Å². The number of anilines is 1. The average Bonchev–Trinajstić information content (AvgIpc) is 3.65. The lowest BCUT2D eigenvalue weighted by atomic mass is 9.86. The van der Waals surface area contributed by atoms with Crippen molar-refractivity contribution in [2.75, 3.05) is 5.32 Å². The normalized spacial score (nSPS) is 17.4. The number of nitrogens with one attached hydrogen (secondary N) is 1. The number of aliphatic hydroxyl groups is 1.